The number of nitrogens with one attached hydrogen (secondary N) is 1. The van der Waals surface area contributed by atoms with Crippen LogP contribution in [0.15, 0.2) is 53.0 Å². The number of hydrogen-bond donors (Lipinski definition) is 2. The highest BCUT2D eigenvalue weighted by molar-refractivity contribution is 9.10. The van der Waals surface area contributed by atoms with E-state index in [0.29, 0.717) is 12.1 Å². The molecule has 20 heavy (non-hydrogen) atoms. The lowest BCUT2D eigenvalue weighted by molar-refractivity contribution is 0.0940. The van der Waals surface area contributed by atoms with Gasteiger partial charge in [-0.3, -0.25) is 4.79 Å². The van der Waals surface area contributed by atoms with Crippen molar-refractivity contribution in [3.8, 4) is 0 Å². The zero-order valence-electron chi connectivity index (χ0n) is 11.3. The van der Waals surface area contributed by atoms with Crippen LogP contribution in [0.25, 0.3) is 0 Å². The topological polar surface area (TPSA) is 55.1 Å². The standard InChI is InChI=1S/C16H17BrN2O/c1-11(14-3-2-4-15(17)9-14)19-16(20)13-7-5-12(10-18)6-8-13/h2-9,11H,10,18H2,1H3,(H,19,20)/t11-/m1/s1. The molecule has 3 N–H and O–H groups in total. The van der Waals surface area contributed by atoms with Crippen LogP contribution < -0.4 is 11.1 Å². The molecule has 0 heterocycles. The van der Waals surface area contributed by atoms with E-state index in [4.69, 9.17) is 5.73 Å². The molecule has 0 aromatic heterocycles. The van der Waals surface area contributed by atoms with Crippen molar-refractivity contribution in [3.63, 3.8) is 0 Å². The SMILES string of the molecule is C[C@@H](NC(=O)c1ccc(CN)cc1)c1cccc(Br)c1. The van der Waals surface area contributed by atoms with Crippen molar-refractivity contribution in [2.45, 2.75) is 19.5 Å². The van der Waals surface area contributed by atoms with E-state index in [-0.39, 0.29) is 11.9 Å². The molecule has 0 saturated carbocycles. The first-order valence-corrected chi connectivity index (χ1v) is 7.25. The molecule has 0 saturated heterocycles. The van der Waals surface area contributed by atoms with Gasteiger partial charge in [0.1, 0.15) is 0 Å². The Morgan fingerprint density at radius 2 is 1.95 bits per heavy atom. The fraction of sp³-hybridized carbons (Fsp3) is 0.188. The summed E-state index contributed by atoms with van der Waals surface area (Å²) < 4.78 is 1.00. The quantitative estimate of drug-likeness (QED) is 0.901. The smallest absolute Gasteiger partial charge is 0.251 e. The summed E-state index contributed by atoms with van der Waals surface area (Å²) in [5, 5.41) is 2.99. The lowest BCUT2D eigenvalue weighted by Gasteiger charge is -2.15. The molecule has 1 amide bonds. The third kappa shape index (κ3) is 3.68. The van der Waals surface area contributed by atoms with Gasteiger partial charge in [-0.1, -0.05) is 40.2 Å². The highest BCUT2D eigenvalue weighted by Gasteiger charge is 2.11. The Kier molecular flexibility index (Phi) is 4.93. The van der Waals surface area contributed by atoms with Crippen molar-refractivity contribution in [3.05, 3.63) is 69.7 Å². The first-order valence-electron chi connectivity index (χ1n) is 6.45. The van der Waals surface area contributed by atoms with Crippen molar-refractivity contribution in [1.29, 1.82) is 0 Å². The average Bonchev–Trinajstić information content (AvgIpc) is 2.47. The summed E-state index contributed by atoms with van der Waals surface area (Å²) in [6.45, 7) is 2.45. The fourth-order valence-electron chi connectivity index (χ4n) is 1.93. The van der Waals surface area contributed by atoms with E-state index in [9.17, 15) is 4.79 Å². The van der Waals surface area contributed by atoms with Gasteiger partial charge in [-0.2, -0.15) is 0 Å². The second-order valence-electron chi connectivity index (χ2n) is 4.65. The minimum atomic E-state index is -0.0824. The maximum atomic E-state index is 12.2. The molecule has 0 bridgehead atoms. The maximum Gasteiger partial charge on any atom is 0.251 e. The molecule has 0 radical (unpaired) electrons. The summed E-state index contributed by atoms with van der Waals surface area (Å²) in [4.78, 5) is 12.2. The third-order valence-corrected chi connectivity index (χ3v) is 3.64. The zero-order valence-corrected chi connectivity index (χ0v) is 12.9. The van der Waals surface area contributed by atoms with E-state index in [2.05, 4.69) is 21.2 Å². The summed E-state index contributed by atoms with van der Waals surface area (Å²) in [6, 6.07) is 15.2. The van der Waals surface area contributed by atoms with Gasteiger partial charge in [0, 0.05) is 16.6 Å². The largest absolute Gasteiger partial charge is 0.346 e. The Bertz CT molecular complexity index is 596. The number of nitrogens with two attached hydrogens (primary N) is 1. The van der Waals surface area contributed by atoms with Gasteiger partial charge < -0.3 is 11.1 Å². The summed E-state index contributed by atoms with van der Waals surface area (Å²) in [6.07, 6.45) is 0. The van der Waals surface area contributed by atoms with Crippen LogP contribution in [-0.2, 0) is 6.54 Å². The minimum absolute atomic E-state index is 0.0471. The van der Waals surface area contributed by atoms with E-state index in [0.717, 1.165) is 15.6 Å². The molecule has 0 aliphatic heterocycles. The highest BCUT2D eigenvalue weighted by atomic mass is 79.9. The van der Waals surface area contributed by atoms with Crippen LogP contribution in [-0.4, -0.2) is 5.91 Å². The molecular formula is C16H17BrN2O. The van der Waals surface area contributed by atoms with Crippen molar-refractivity contribution in [1.82, 2.24) is 5.32 Å². The number of hydrogen-bond acceptors (Lipinski definition) is 2. The van der Waals surface area contributed by atoms with Gasteiger partial charge in [0.25, 0.3) is 5.91 Å². The zero-order chi connectivity index (χ0) is 14.5. The molecular weight excluding hydrogens is 316 g/mol. The van der Waals surface area contributed by atoms with Crippen LogP contribution in [0.1, 0.15) is 34.5 Å². The normalized spacial score (nSPS) is 11.9. The van der Waals surface area contributed by atoms with Crippen LogP contribution in [0.3, 0.4) is 0 Å². The summed E-state index contributed by atoms with van der Waals surface area (Å²) in [7, 11) is 0. The van der Waals surface area contributed by atoms with Crippen LogP contribution >= 0.6 is 15.9 Å². The first-order chi connectivity index (χ1) is 9.60. The van der Waals surface area contributed by atoms with Crippen LogP contribution in [0.2, 0.25) is 0 Å². The Labute approximate surface area is 127 Å². The van der Waals surface area contributed by atoms with Gasteiger partial charge in [-0.05, 0) is 42.3 Å². The Hall–Kier alpha value is -1.65. The molecule has 1 atom stereocenters. The second-order valence-corrected chi connectivity index (χ2v) is 5.57. The summed E-state index contributed by atoms with van der Waals surface area (Å²) in [5.41, 5.74) is 8.26. The fourth-order valence-corrected chi connectivity index (χ4v) is 2.35. The lowest BCUT2D eigenvalue weighted by atomic mass is 10.1. The van der Waals surface area contributed by atoms with E-state index in [1.165, 1.54) is 0 Å². The number of halogens is 1. The van der Waals surface area contributed by atoms with Gasteiger partial charge in [0.2, 0.25) is 0 Å². The number of rotatable bonds is 4. The molecule has 0 fully saturated rings. The molecule has 0 unspecified atom stereocenters. The van der Waals surface area contributed by atoms with Crippen LogP contribution in [0.4, 0.5) is 0 Å². The predicted octanol–water partition coefficient (Wildman–Crippen LogP) is 3.40. The van der Waals surface area contributed by atoms with Gasteiger partial charge in [-0.25, -0.2) is 0 Å². The number of carbonyl (C=O) groups excluding carboxylic acids is 1. The number of carbonyl (C=O) groups is 1. The Balaban J connectivity index is 2.06. The third-order valence-electron chi connectivity index (χ3n) is 3.15. The molecule has 0 aliphatic rings. The summed E-state index contributed by atoms with van der Waals surface area (Å²) in [5.74, 6) is -0.0824. The predicted molar refractivity (Wildman–Crippen MR) is 84.4 cm³/mol. The maximum absolute atomic E-state index is 12.2. The minimum Gasteiger partial charge on any atom is -0.346 e. The van der Waals surface area contributed by atoms with Gasteiger partial charge in [0.15, 0.2) is 0 Å². The second kappa shape index (κ2) is 6.68. The van der Waals surface area contributed by atoms with Crippen LogP contribution in [0.5, 0.6) is 0 Å². The number of benzene rings is 2. The number of amides is 1. The lowest BCUT2D eigenvalue weighted by Crippen LogP contribution is -2.26. The van der Waals surface area contributed by atoms with Gasteiger partial charge >= 0.3 is 0 Å². The molecule has 2 aromatic rings. The monoisotopic (exact) mass is 332 g/mol. The Morgan fingerprint density at radius 1 is 1.25 bits per heavy atom. The highest BCUT2D eigenvalue weighted by Crippen LogP contribution is 2.18. The Morgan fingerprint density at radius 3 is 2.55 bits per heavy atom. The van der Waals surface area contributed by atoms with Crippen molar-refractivity contribution in [2.24, 2.45) is 5.73 Å². The summed E-state index contributed by atoms with van der Waals surface area (Å²) >= 11 is 3.43. The molecule has 0 spiro atoms. The van der Waals surface area contributed by atoms with Crippen LogP contribution in [0, 0.1) is 0 Å². The first kappa shape index (κ1) is 14.8. The van der Waals surface area contributed by atoms with Gasteiger partial charge in [0.05, 0.1) is 6.04 Å². The molecule has 0 aliphatic carbocycles. The molecule has 3 nitrogen and oxygen atoms in total. The molecule has 2 rings (SSSR count). The van der Waals surface area contributed by atoms with E-state index < -0.39 is 0 Å². The van der Waals surface area contributed by atoms with E-state index in [1.807, 2.05) is 43.3 Å². The van der Waals surface area contributed by atoms with Gasteiger partial charge in [-0.15, -0.1) is 0 Å². The van der Waals surface area contributed by atoms with E-state index >= 15 is 0 Å². The van der Waals surface area contributed by atoms with Crippen molar-refractivity contribution >= 4 is 21.8 Å². The molecule has 4 heteroatoms. The van der Waals surface area contributed by atoms with Crippen molar-refractivity contribution < 1.29 is 4.79 Å². The molecule has 104 valence electrons. The van der Waals surface area contributed by atoms with E-state index in [1.54, 1.807) is 12.1 Å². The average molecular weight is 333 g/mol. The molecule has 2 aromatic carbocycles. The van der Waals surface area contributed by atoms with Crippen molar-refractivity contribution in [2.75, 3.05) is 0 Å².